The summed E-state index contributed by atoms with van der Waals surface area (Å²) >= 11 is 3.26. The molecular formula is C15H19BrN2O3. The van der Waals surface area contributed by atoms with E-state index in [1.54, 1.807) is 0 Å². The highest BCUT2D eigenvalue weighted by molar-refractivity contribution is 9.10. The van der Waals surface area contributed by atoms with E-state index >= 15 is 0 Å². The summed E-state index contributed by atoms with van der Waals surface area (Å²) in [5.74, 6) is 0.121. The van der Waals surface area contributed by atoms with Crippen molar-refractivity contribution in [3.63, 3.8) is 0 Å². The Balaban J connectivity index is 2.08. The lowest BCUT2D eigenvalue weighted by Gasteiger charge is -2.08. The summed E-state index contributed by atoms with van der Waals surface area (Å²) in [7, 11) is 0. The van der Waals surface area contributed by atoms with E-state index in [4.69, 9.17) is 0 Å². The summed E-state index contributed by atoms with van der Waals surface area (Å²) in [5.41, 5.74) is 0.594. The molecule has 0 saturated heterocycles. The fraction of sp³-hybridized carbons (Fsp3) is 0.533. The summed E-state index contributed by atoms with van der Waals surface area (Å²) in [4.78, 5) is 22.5. The third kappa shape index (κ3) is 2.69. The lowest BCUT2D eigenvalue weighted by atomic mass is 10.0. The zero-order valence-corrected chi connectivity index (χ0v) is 14.2. The molecule has 1 saturated carbocycles. The average Bonchev–Trinajstić information content (AvgIpc) is 2.77. The number of halogens is 1. The fourth-order valence-corrected chi connectivity index (χ4v) is 3.36. The van der Waals surface area contributed by atoms with E-state index in [1.807, 2.05) is 0 Å². The summed E-state index contributed by atoms with van der Waals surface area (Å²) in [6.07, 6.45) is 0. The summed E-state index contributed by atoms with van der Waals surface area (Å²) < 4.78 is 0.555. The Morgan fingerprint density at radius 3 is 2.38 bits per heavy atom. The van der Waals surface area contributed by atoms with Crippen molar-refractivity contribution in [2.75, 3.05) is 6.54 Å². The number of carbonyl (C=O) groups excluding carboxylic acids is 1. The van der Waals surface area contributed by atoms with Gasteiger partial charge in [-0.3, -0.25) is 14.9 Å². The Morgan fingerprint density at radius 2 is 1.90 bits per heavy atom. The van der Waals surface area contributed by atoms with Gasteiger partial charge in [-0.25, -0.2) is 0 Å². The van der Waals surface area contributed by atoms with Crippen LogP contribution in [0.2, 0.25) is 0 Å². The van der Waals surface area contributed by atoms with Crippen molar-refractivity contribution in [3.05, 3.63) is 38.3 Å². The lowest BCUT2D eigenvalue weighted by Crippen LogP contribution is -2.27. The molecule has 0 unspecified atom stereocenters. The number of carbonyl (C=O) groups is 1. The summed E-state index contributed by atoms with van der Waals surface area (Å²) in [5, 5.41) is 13.7. The van der Waals surface area contributed by atoms with Gasteiger partial charge in [-0.05, 0) is 38.7 Å². The first kappa shape index (κ1) is 15.9. The lowest BCUT2D eigenvalue weighted by molar-refractivity contribution is -0.384. The second kappa shape index (κ2) is 5.09. The van der Waals surface area contributed by atoms with E-state index in [9.17, 15) is 14.9 Å². The van der Waals surface area contributed by atoms with E-state index in [0.717, 1.165) is 0 Å². The van der Waals surface area contributed by atoms with Crippen LogP contribution in [0.15, 0.2) is 22.7 Å². The topological polar surface area (TPSA) is 72.2 Å². The van der Waals surface area contributed by atoms with Crippen LogP contribution in [0.4, 0.5) is 5.69 Å². The smallest absolute Gasteiger partial charge is 0.270 e. The molecule has 21 heavy (non-hydrogen) atoms. The maximum atomic E-state index is 12.2. The molecule has 5 nitrogen and oxygen atoms in total. The number of amides is 1. The molecule has 0 spiro atoms. The van der Waals surface area contributed by atoms with E-state index in [1.165, 1.54) is 18.2 Å². The Kier molecular flexibility index (Phi) is 3.86. The van der Waals surface area contributed by atoms with Crippen molar-refractivity contribution in [3.8, 4) is 0 Å². The molecule has 1 aliphatic carbocycles. The Labute approximate surface area is 132 Å². The van der Waals surface area contributed by atoms with Crippen LogP contribution in [0.3, 0.4) is 0 Å². The number of nitro groups is 1. The summed E-state index contributed by atoms with van der Waals surface area (Å²) in [6.45, 7) is 9.33. The van der Waals surface area contributed by atoms with Crippen molar-refractivity contribution >= 4 is 27.5 Å². The zero-order chi connectivity index (χ0) is 16.0. The molecule has 1 aliphatic rings. The Morgan fingerprint density at radius 1 is 1.33 bits per heavy atom. The minimum Gasteiger partial charge on any atom is -0.352 e. The van der Waals surface area contributed by atoms with Crippen molar-refractivity contribution in [1.29, 1.82) is 0 Å². The highest BCUT2D eigenvalue weighted by Gasteiger charge is 2.64. The van der Waals surface area contributed by atoms with Gasteiger partial charge < -0.3 is 5.32 Å². The van der Waals surface area contributed by atoms with Gasteiger partial charge in [-0.1, -0.05) is 27.7 Å². The van der Waals surface area contributed by atoms with Crippen molar-refractivity contribution in [1.82, 2.24) is 5.32 Å². The van der Waals surface area contributed by atoms with E-state index < -0.39 is 4.92 Å². The molecule has 6 heteroatoms. The Hall–Kier alpha value is -1.43. The number of hydrogen-bond donors (Lipinski definition) is 1. The number of rotatable bonds is 4. The van der Waals surface area contributed by atoms with Crippen molar-refractivity contribution in [2.45, 2.75) is 27.7 Å². The molecular weight excluding hydrogens is 336 g/mol. The van der Waals surface area contributed by atoms with Gasteiger partial charge in [-0.15, -0.1) is 0 Å². The first-order valence-electron chi connectivity index (χ1n) is 6.81. The first-order chi connectivity index (χ1) is 9.59. The van der Waals surface area contributed by atoms with Crippen LogP contribution < -0.4 is 5.32 Å². The molecule has 1 aromatic carbocycles. The van der Waals surface area contributed by atoms with Gasteiger partial charge in [0.2, 0.25) is 0 Å². The van der Waals surface area contributed by atoms with Gasteiger partial charge in [0.1, 0.15) is 0 Å². The molecule has 2 rings (SSSR count). The van der Waals surface area contributed by atoms with Crippen LogP contribution in [-0.4, -0.2) is 17.4 Å². The van der Waals surface area contributed by atoms with Crippen molar-refractivity contribution in [2.24, 2.45) is 16.7 Å². The number of benzene rings is 1. The SMILES string of the molecule is CC1(C)C(CNC(=O)c2cc([N+](=O)[O-])ccc2Br)C1(C)C. The quantitative estimate of drug-likeness (QED) is 0.660. The normalized spacial score (nSPS) is 19.1. The third-order valence-electron chi connectivity index (χ3n) is 5.19. The fourth-order valence-electron chi connectivity index (χ4n) is 2.93. The predicted molar refractivity (Wildman–Crippen MR) is 84.2 cm³/mol. The van der Waals surface area contributed by atoms with Gasteiger partial charge in [0.15, 0.2) is 0 Å². The minimum absolute atomic E-state index is 0.0876. The van der Waals surface area contributed by atoms with Gasteiger partial charge >= 0.3 is 0 Å². The number of hydrogen-bond acceptors (Lipinski definition) is 3. The molecule has 114 valence electrons. The highest BCUT2D eigenvalue weighted by Crippen LogP contribution is 2.67. The average molecular weight is 355 g/mol. The first-order valence-corrected chi connectivity index (χ1v) is 7.60. The molecule has 0 aliphatic heterocycles. The monoisotopic (exact) mass is 354 g/mol. The minimum atomic E-state index is -0.504. The second-order valence-corrected chi connectivity index (χ2v) is 7.48. The van der Waals surface area contributed by atoms with Gasteiger partial charge in [0, 0.05) is 23.2 Å². The van der Waals surface area contributed by atoms with Gasteiger partial charge in [0.25, 0.3) is 11.6 Å². The van der Waals surface area contributed by atoms with Crippen LogP contribution in [-0.2, 0) is 0 Å². The van der Waals surface area contributed by atoms with Crippen molar-refractivity contribution < 1.29 is 9.72 Å². The number of nitro benzene ring substituents is 1. The second-order valence-electron chi connectivity index (χ2n) is 6.63. The molecule has 0 atom stereocenters. The molecule has 1 N–H and O–H groups in total. The van der Waals surface area contributed by atoms with Crippen LogP contribution in [0.25, 0.3) is 0 Å². The van der Waals surface area contributed by atoms with Crippen LogP contribution in [0.5, 0.6) is 0 Å². The van der Waals surface area contributed by atoms with Crippen LogP contribution in [0.1, 0.15) is 38.1 Å². The van der Waals surface area contributed by atoms with Gasteiger partial charge in [0.05, 0.1) is 10.5 Å². The molecule has 1 aromatic rings. The predicted octanol–water partition coefficient (Wildman–Crippen LogP) is 3.77. The molecule has 0 heterocycles. The van der Waals surface area contributed by atoms with Crippen LogP contribution >= 0.6 is 15.9 Å². The number of nitrogens with zero attached hydrogens (tertiary/aromatic N) is 1. The van der Waals surface area contributed by atoms with Crippen LogP contribution in [0, 0.1) is 26.9 Å². The van der Waals surface area contributed by atoms with E-state index in [0.29, 0.717) is 22.5 Å². The highest BCUT2D eigenvalue weighted by atomic mass is 79.9. The standard InChI is InChI=1S/C15H19BrN2O3/c1-14(2)12(15(14,3)4)8-17-13(19)10-7-9(18(20)21)5-6-11(10)16/h5-7,12H,8H2,1-4H3,(H,17,19). The summed E-state index contributed by atoms with van der Waals surface area (Å²) in [6, 6.07) is 4.19. The largest absolute Gasteiger partial charge is 0.352 e. The maximum absolute atomic E-state index is 12.2. The number of nitrogens with one attached hydrogen (secondary N) is 1. The van der Waals surface area contributed by atoms with E-state index in [-0.39, 0.29) is 22.4 Å². The van der Waals surface area contributed by atoms with E-state index in [2.05, 4.69) is 48.9 Å². The Bertz CT molecular complexity index is 597. The molecule has 1 amide bonds. The molecule has 0 aromatic heterocycles. The maximum Gasteiger partial charge on any atom is 0.270 e. The van der Waals surface area contributed by atoms with Gasteiger partial charge in [-0.2, -0.15) is 0 Å². The molecule has 1 fully saturated rings. The molecule has 0 bridgehead atoms. The third-order valence-corrected chi connectivity index (χ3v) is 5.88. The zero-order valence-electron chi connectivity index (χ0n) is 12.6. The number of non-ortho nitro benzene ring substituents is 1. The molecule has 0 radical (unpaired) electrons.